The van der Waals surface area contributed by atoms with Crippen LogP contribution >= 0.6 is 11.3 Å². The first-order chi connectivity index (χ1) is 13.1. The molecule has 1 saturated heterocycles. The number of benzene rings is 1. The zero-order valence-electron chi connectivity index (χ0n) is 15.0. The summed E-state index contributed by atoms with van der Waals surface area (Å²) >= 11 is 1.52. The SMILES string of the molecule is Cc1oc(-c2cccs2)nc1C(=O)Nc1ccc(N2CCC(O)CC2)cc1. The molecule has 6 nitrogen and oxygen atoms in total. The number of nitrogens with one attached hydrogen (secondary N) is 1. The van der Waals surface area contributed by atoms with E-state index in [-0.39, 0.29) is 12.0 Å². The number of piperidine rings is 1. The lowest BCUT2D eigenvalue weighted by molar-refractivity contribution is 0.102. The van der Waals surface area contributed by atoms with Crippen LogP contribution in [-0.2, 0) is 0 Å². The molecule has 0 radical (unpaired) electrons. The molecule has 3 aromatic rings. The molecular formula is C20H21N3O3S. The maximum absolute atomic E-state index is 12.6. The second-order valence-electron chi connectivity index (χ2n) is 6.62. The lowest BCUT2D eigenvalue weighted by atomic mass is 10.1. The Morgan fingerprint density at radius 2 is 2.00 bits per heavy atom. The molecule has 0 atom stereocenters. The Bertz CT molecular complexity index is 911. The topological polar surface area (TPSA) is 78.6 Å². The van der Waals surface area contributed by atoms with Gasteiger partial charge in [-0.05, 0) is 55.5 Å². The summed E-state index contributed by atoms with van der Waals surface area (Å²) in [5, 5.41) is 14.4. The summed E-state index contributed by atoms with van der Waals surface area (Å²) in [7, 11) is 0. The maximum atomic E-state index is 12.6. The van der Waals surface area contributed by atoms with Crippen LogP contribution in [0.2, 0.25) is 0 Å². The van der Waals surface area contributed by atoms with Crippen molar-refractivity contribution in [2.75, 3.05) is 23.3 Å². The Hall–Kier alpha value is -2.64. The molecule has 0 saturated carbocycles. The number of anilines is 2. The van der Waals surface area contributed by atoms with Crippen LogP contribution in [0.5, 0.6) is 0 Å². The Kier molecular flexibility index (Phi) is 4.96. The van der Waals surface area contributed by atoms with Gasteiger partial charge in [0.1, 0.15) is 5.76 Å². The molecule has 3 heterocycles. The third-order valence-electron chi connectivity index (χ3n) is 4.70. The highest BCUT2D eigenvalue weighted by molar-refractivity contribution is 7.13. The van der Waals surface area contributed by atoms with Gasteiger partial charge in [0, 0.05) is 24.5 Å². The van der Waals surface area contributed by atoms with Crippen molar-refractivity contribution >= 4 is 28.6 Å². The summed E-state index contributed by atoms with van der Waals surface area (Å²) in [5.74, 6) is 0.683. The van der Waals surface area contributed by atoms with Crippen molar-refractivity contribution in [2.45, 2.75) is 25.9 Å². The van der Waals surface area contributed by atoms with Crippen molar-refractivity contribution in [3.8, 4) is 10.8 Å². The first kappa shape index (κ1) is 17.8. The zero-order chi connectivity index (χ0) is 18.8. The van der Waals surface area contributed by atoms with E-state index in [0.717, 1.165) is 36.5 Å². The number of rotatable bonds is 4. The molecule has 7 heteroatoms. The molecule has 0 bridgehead atoms. The second kappa shape index (κ2) is 7.54. The summed E-state index contributed by atoms with van der Waals surface area (Å²) < 4.78 is 5.64. The van der Waals surface area contributed by atoms with Gasteiger partial charge in [-0.25, -0.2) is 4.98 Å². The Morgan fingerprint density at radius 3 is 2.67 bits per heavy atom. The van der Waals surface area contributed by atoms with E-state index in [2.05, 4.69) is 15.2 Å². The molecule has 1 amide bonds. The summed E-state index contributed by atoms with van der Waals surface area (Å²) in [5.41, 5.74) is 2.10. The normalized spacial score (nSPS) is 15.1. The number of hydrogen-bond acceptors (Lipinski definition) is 6. The summed E-state index contributed by atoms with van der Waals surface area (Å²) in [6.07, 6.45) is 1.39. The van der Waals surface area contributed by atoms with Gasteiger partial charge in [0.2, 0.25) is 5.89 Å². The standard InChI is InChI=1S/C20H21N3O3S/c1-13-18(22-20(26-13)17-3-2-12-27-17)19(25)21-14-4-6-15(7-5-14)23-10-8-16(24)9-11-23/h2-7,12,16,24H,8-11H2,1H3,(H,21,25). The first-order valence-electron chi connectivity index (χ1n) is 8.96. The van der Waals surface area contributed by atoms with Crippen LogP contribution in [0.25, 0.3) is 10.8 Å². The van der Waals surface area contributed by atoms with Crippen LogP contribution in [-0.4, -0.2) is 35.2 Å². The minimum Gasteiger partial charge on any atom is -0.440 e. The number of nitrogens with zero attached hydrogens (tertiary/aromatic N) is 2. The van der Waals surface area contributed by atoms with E-state index in [1.165, 1.54) is 11.3 Å². The molecule has 140 valence electrons. The van der Waals surface area contributed by atoms with Gasteiger partial charge in [-0.15, -0.1) is 11.3 Å². The van der Waals surface area contributed by atoms with Crippen LogP contribution in [0.4, 0.5) is 11.4 Å². The smallest absolute Gasteiger partial charge is 0.277 e. The highest BCUT2D eigenvalue weighted by Gasteiger charge is 2.20. The average molecular weight is 383 g/mol. The second-order valence-corrected chi connectivity index (χ2v) is 7.57. The molecule has 1 fully saturated rings. The van der Waals surface area contributed by atoms with Crippen molar-refractivity contribution < 1.29 is 14.3 Å². The number of thiophene rings is 1. The van der Waals surface area contributed by atoms with E-state index in [9.17, 15) is 9.90 Å². The minimum atomic E-state index is -0.284. The third kappa shape index (κ3) is 3.89. The van der Waals surface area contributed by atoms with Crippen LogP contribution in [0, 0.1) is 6.92 Å². The number of carbonyl (C=O) groups excluding carboxylic acids is 1. The number of carbonyl (C=O) groups is 1. The molecule has 2 N–H and O–H groups in total. The zero-order valence-corrected chi connectivity index (χ0v) is 15.8. The Labute approximate surface area is 161 Å². The number of aliphatic hydroxyl groups excluding tert-OH is 1. The van der Waals surface area contributed by atoms with Crippen LogP contribution in [0.3, 0.4) is 0 Å². The van der Waals surface area contributed by atoms with E-state index >= 15 is 0 Å². The monoisotopic (exact) mass is 383 g/mol. The van der Waals surface area contributed by atoms with Gasteiger partial charge < -0.3 is 19.7 Å². The quantitative estimate of drug-likeness (QED) is 0.714. The predicted molar refractivity (Wildman–Crippen MR) is 106 cm³/mol. The number of oxazole rings is 1. The number of aliphatic hydroxyl groups is 1. The van der Waals surface area contributed by atoms with Gasteiger partial charge in [-0.1, -0.05) is 6.07 Å². The molecular weight excluding hydrogens is 362 g/mol. The lowest BCUT2D eigenvalue weighted by Crippen LogP contribution is -2.35. The fraction of sp³-hybridized carbons (Fsp3) is 0.300. The van der Waals surface area contributed by atoms with Crippen molar-refractivity contribution in [3.63, 3.8) is 0 Å². The van der Waals surface area contributed by atoms with Gasteiger partial charge in [0.05, 0.1) is 11.0 Å². The average Bonchev–Trinajstić information content (AvgIpc) is 3.33. The van der Waals surface area contributed by atoms with Gasteiger partial charge >= 0.3 is 0 Å². The van der Waals surface area contributed by atoms with Crippen molar-refractivity contribution in [3.05, 3.63) is 53.2 Å². The third-order valence-corrected chi connectivity index (χ3v) is 5.56. The van der Waals surface area contributed by atoms with E-state index in [1.807, 2.05) is 41.8 Å². The highest BCUT2D eigenvalue weighted by atomic mass is 32.1. The molecule has 0 aliphatic carbocycles. The van der Waals surface area contributed by atoms with Crippen LogP contribution < -0.4 is 10.2 Å². The van der Waals surface area contributed by atoms with Crippen LogP contribution in [0.15, 0.2) is 46.2 Å². The maximum Gasteiger partial charge on any atom is 0.277 e. The molecule has 2 aromatic heterocycles. The molecule has 27 heavy (non-hydrogen) atoms. The minimum absolute atomic E-state index is 0.190. The molecule has 0 spiro atoms. The molecule has 0 unspecified atom stereocenters. The van der Waals surface area contributed by atoms with E-state index < -0.39 is 0 Å². The largest absolute Gasteiger partial charge is 0.440 e. The summed E-state index contributed by atoms with van der Waals surface area (Å²) in [6.45, 7) is 3.43. The lowest BCUT2D eigenvalue weighted by Gasteiger charge is -2.31. The summed E-state index contributed by atoms with van der Waals surface area (Å²) in [4.78, 5) is 20.1. The summed E-state index contributed by atoms with van der Waals surface area (Å²) in [6, 6.07) is 11.6. The highest BCUT2D eigenvalue weighted by Crippen LogP contribution is 2.27. The van der Waals surface area contributed by atoms with E-state index in [4.69, 9.17) is 4.42 Å². The fourth-order valence-corrected chi connectivity index (χ4v) is 3.83. The van der Waals surface area contributed by atoms with Crippen LogP contribution in [0.1, 0.15) is 29.1 Å². The van der Waals surface area contributed by atoms with Gasteiger partial charge in [-0.3, -0.25) is 4.79 Å². The number of aryl methyl sites for hydroxylation is 1. The van der Waals surface area contributed by atoms with Crippen molar-refractivity contribution in [2.24, 2.45) is 0 Å². The molecule has 1 aliphatic heterocycles. The van der Waals surface area contributed by atoms with Gasteiger partial charge in [0.15, 0.2) is 5.69 Å². The first-order valence-corrected chi connectivity index (χ1v) is 9.84. The Morgan fingerprint density at radius 1 is 1.26 bits per heavy atom. The molecule has 1 aliphatic rings. The van der Waals surface area contributed by atoms with E-state index in [0.29, 0.717) is 23.0 Å². The molecule has 4 rings (SSSR count). The predicted octanol–water partition coefficient (Wildman–Crippen LogP) is 3.92. The van der Waals surface area contributed by atoms with Crippen molar-refractivity contribution in [1.29, 1.82) is 0 Å². The number of amides is 1. The molecule has 1 aromatic carbocycles. The Balaban J connectivity index is 1.44. The number of aromatic nitrogens is 1. The van der Waals surface area contributed by atoms with Gasteiger partial charge in [-0.2, -0.15) is 0 Å². The van der Waals surface area contributed by atoms with Gasteiger partial charge in [0.25, 0.3) is 5.91 Å². The number of hydrogen-bond donors (Lipinski definition) is 2. The fourth-order valence-electron chi connectivity index (χ4n) is 3.18. The van der Waals surface area contributed by atoms with E-state index in [1.54, 1.807) is 6.92 Å². The van der Waals surface area contributed by atoms with Crippen molar-refractivity contribution in [1.82, 2.24) is 4.98 Å².